The number of carbonyl (C=O) groups is 1. The fraction of sp³-hybridized carbons (Fsp3) is 0.545. The second-order valence-corrected chi connectivity index (χ2v) is 4.47. The molecule has 0 atom stereocenters. The van der Waals surface area contributed by atoms with Crippen LogP contribution in [0, 0.1) is 5.82 Å². The molecule has 2 heterocycles. The van der Waals surface area contributed by atoms with E-state index < -0.39 is 5.82 Å². The lowest BCUT2D eigenvalue weighted by Crippen LogP contribution is -2.49. The van der Waals surface area contributed by atoms with Crippen molar-refractivity contribution in [1.82, 2.24) is 14.9 Å². The van der Waals surface area contributed by atoms with Crippen molar-refractivity contribution in [3.8, 4) is 0 Å². The van der Waals surface area contributed by atoms with Gasteiger partial charge in [-0.3, -0.25) is 4.79 Å². The van der Waals surface area contributed by atoms with Crippen LogP contribution in [0.15, 0.2) is 6.20 Å². The van der Waals surface area contributed by atoms with Crippen molar-refractivity contribution in [2.24, 2.45) is 0 Å². The molecule has 1 aliphatic heterocycles. The summed E-state index contributed by atoms with van der Waals surface area (Å²) in [4.78, 5) is 24.7. The van der Waals surface area contributed by atoms with Gasteiger partial charge in [0.05, 0.1) is 12.7 Å². The standard InChI is InChI=1S/C11H16FN5O/c1-15(2)10-8(12)6-13-11(14-10)17-5-4-16(3)9(18)7-17/h6H,4-5,7H2,1-3H3. The molecule has 1 aliphatic rings. The largest absolute Gasteiger partial charge is 0.360 e. The molecule has 0 saturated carbocycles. The van der Waals surface area contributed by atoms with Gasteiger partial charge < -0.3 is 14.7 Å². The van der Waals surface area contributed by atoms with Crippen molar-refractivity contribution in [3.05, 3.63) is 12.0 Å². The van der Waals surface area contributed by atoms with Gasteiger partial charge in [0, 0.05) is 34.2 Å². The third kappa shape index (κ3) is 2.34. The fourth-order valence-corrected chi connectivity index (χ4v) is 1.74. The molecule has 98 valence electrons. The zero-order valence-corrected chi connectivity index (χ0v) is 10.7. The number of likely N-dealkylation sites (N-methyl/N-ethyl adjacent to an activating group) is 1. The lowest BCUT2D eigenvalue weighted by Gasteiger charge is -2.32. The van der Waals surface area contributed by atoms with Crippen LogP contribution in [0.4, 0.5) is 16.2 Å². The topological polar surface area (TPSA) is 52.6 Å². The number of aromatic nitrogens is 2. The first-order valence-corrected chi connectivity index (χ1v) is 5.68. The SMILES string of the molecule is CN1CCN(c2ncc(F)c(N(C)C)n2)CC1=O. The Hall–Kier alpha value is -1.92. The van der Waals surface area contributed by atoms with Gasteiger partial charge in [-0.2, -0.15) is 4.98 Å². The number of amides is 1. The summed E-state index contributed by atoms with van der Waals surface area (Å²) in [7, 11) is 5.19. The first kappa shape index (κ1) is 12.5. The maximum Gasteiger partial charge on any atom is 0.242 e. The number of halogens is 1. The second-order valence-electron chi connectivity index (χ2n) is 4.47. The van der Waals surface area contributed by atoms with Gasteiger partial charge in [-0.15, -0.1) is 0 Å². The minimum Gasteiger partial charge on any atom is -0.360 e. The Morgan fingerprint density at radius 3 is 2.72 bits per heavy atom. The summed E-state index contributed by atoms with van der Waals surface area (Å²) in [6, 6.07) is 0. The van der Waals surface area contributed by atoms with Crippen LogP contribution in [0.3, 0.4) is 0 Å². The second kappa shape index (κ2) is 4.75. The quantitative estimate of drug-likeness (QED) is 0.740. The molecule has 18 heavy (non-hydrogen) atoms. The zero-order chi connectivity index (χ0) is 13.3. The zero-order valence-electron chi connectivity index (χ0n) is 10.7. The van der Waals surface area contributed by atoms with Crippen molar-refractivity contribution in [2.75, 3.05) is 50.6 Å². The van der Waals surface area contributed by atoms with E-state index in [-0.39, 0.29) is 18.3 Å². The first-order chi connectivity index (χ1) is 8.49. The number of hydrogen-bond donors (Lipinski definition) is 0. The van der Waals surface area contributed by atoms with E-state index in [1.807, 2.05) is 0 Å². The van der Waals surface area contributed by atoms with Crippen LogP contribution in [-0.2, 0) is 4.79 Å². The minimum atomic E-state index is -0.468. The molecule has 0 radical (unpaired) electrons. The molecule has 1 saturated heterocycles. The molecule has 0 N–H and O–H groups in total. The van der Waals surface area contributed by atoms with E-state index in [1.165, 1.54) is 0 Å². The van der Waals surface area contributed by atoms with E-state index in [0.717, 1.165) is 6.20 Å². The van der Waals surface area contributed by atoms with Crippen LogP contribution < -0.4 is 9.80 Å². The van der Waals surface area contributed by atoms with Crippen LogP contribution in [0.25, 0.3) is 0 Å². The van der Waals surface area contributed by atoms with E-state index in [4.69, 9.17) is 0 Å². The van der Waals surface area contributed by atoms with E-state index in [9.17, 15) is 9.18 Å². The van der Waals surface area contributed by atoms with Gasteiger partial charge in [-0.25, -0.2) is 9.37 Å². The van der Waals surface area contributed by atoms with E-state index >= 15 is 0 Å². The van der Waals surface area contributed by atoms with Gasteiger partial charge in [0.2, 0.25) is 11.9 Å². The summed E-state index contributed by atoms with van der Waals surface area (Å²) in [6.07, 6.45) is 1.14. The summed E-state index contributed by atoms with van der Waals surface area (Å²) in [5, 5.41) is 0. The molecule has 2 rings (SSSR count). The van der Waals surface area contributed by atoms with E-state index in [0.29, 0.717) is 19.0 Å². The van der Waals surface area contributed by atoms with Gasteiger partial charge in [-0.1, -0.05) is 0 Å². The molecule has 0 bridgehead atoms. The highest BCUT2D eigenvalue weighted by molar-refractivity contribution is 5.81. The Morgan fingerprint density at radius 2 is 2.11 bits per heavy atom. The van der Waals surface area contributed by atoms with Gasteiger partial charge in [0.25, 0.3) is 0 Å². The van der Waals surface area contributed by atoms with Gasteiger partial charge in [0.1, 0.15) is 0 Å². The smallest absolute Gasteiger partial charge is 0.242 e. The lowest BCUT2D eigenvalue weighted by molar-refractivity contribution is -0.129. The minimum absolute atomic E-state index is 0.0144. The van der Waals surface area contributed by atoms with E-state index in [1.54, 1.807) is 35.8 Å². The number of hydrogen-bond acceptors (Lipinski definition) is 5. The summed E-state index contributed by atoms with van der Waals surface area (Å²) in [5.74, 6) is 0.165. The number of rotatable bonds is 2. The number of nitrogens with zero attached hydrogens (tertiary/aromatic N) is 5. The summed E-state index contributed by atoms with van der Waals surface area (Å²) in [5.41, 5.74) is 0. The summed E-state index contributed by atoms with van der Waals surface area (Å²) < 4.78 is 13.5. The molecular weight excluding hydrogens is 237 g/mol. The van der Waals surface area contributed by atoms with Crippen molar-refractivity contribution < 1.29 is 9.18 Å². The molecule has 6 nitrogen and oxygen atoms in total. The predicted molar refractivity (Wildman–Crippen MR) is 66.2 cm³/mol. The van der Waals surface area contributed by atoms with Crippen molar-refractivity contribution >= 4 is 17.7 Å². The molecule has 1 aromatic heterocycles. The van der Waals surface area contributed by atoms with Crippen LogP contribution in [-0.4, -0.2) is 61.6 Å². The van der Waals surface area contributed by atoms with Gasteiger partial charge in [-0.05, 0) is 0 Å². The first-order valence-electron chi connectivity index (χ1n) is 5.68. The highest BCUT2D eigenvalue weighted by Crippen LogP contribution is 2.18. The lowest BCUT2D eigenvalue weighted by atomic mass is 10.3. The molecule has 1 aromatic rings. The molecule has 0 aromatic carbocycles. The van der Waals surface area contributed by atoms with Crippen LogP contribution >= 0.6 is 0 Å². The maximum absolute atomic E-state index is 13.5. The number of piperazine rings is 1. The Morgan fingerprint density at radius 1 is 1.39 bits per heavy atom. The highest BCUT2D eigenvalue weighted by Gasteiger charge is 2.23. The summed E-state index contributed by atoms with van der Waals surface area (Å²) in [6.45, 7) is 1.51. The third-order valence-electron chi connectivity index (χ3n) is 2.88. The average molecular weight is 253 g/mol. The number of anilines is 2. The maximum atomic E-state index is 13.5. The van der Waals surface area contributed by atoms with Crippen molar-refractivity contribution in [3.63, 3.8) is 0 Å². The van der Waals surface area contributed by atoms with Crippen molar-refractivity contribution in [1.29, 1.82) is 0 Å². The average Bonchev–Trinajstić information content (AvgIpc) is 2.33. The fourth-order valence-electron chi connectivity index (χ4n) is 1.74. The molecule has 1 amide bonds. The number of carbonyl (C=O) groups excluding carboxylic acids is 1. The molecule has 7 heteroatoms. The van der Waals surface area contributed by atoms with Crippen LogP contribution in [0.1, 0.15) is 0 Å². The molecule has 0 unspecified atom stereocenters. The highest BCUT2D eigenvalue weighted by atomic mass is 19.1. The van der Waals surface area contributed by atoms with Crippen LogP contribution in [0.2, 0.25) is 0 Å². The van der Waals surface area contributed by atoms with E-state index in [2.05, 4.69) is 9.97 Å². The molecule has 1 fully saturated rings. The molecule has 0 aliphatic carbocycles. The van der Waals surface area contributed by atoms with Crippen LogP contribution in [0.5, 0.6) is 0 Å². The molecular formula is C11H16FN5O. The van der Waals surface area contributed by atoms with Gasteiger partial charge >= 0.3 is 0 Å². The van der Waals surface area contributed by atoms with Gasteiger partial charge in [0.15, 0.2) is 11.6 Å². The Kier molecular flexibility index (Phi) is 3.31. The normalized spacial score (nSPS) is 16.1. The Bertz CT molecular complexity index is 465. The Labute approximate surface area is 105 Å². The van der Waals surface area contributed by atoms with Crippen molar-refractivity contribution in [2.45, 2.75) is 0 Å². The molecule has 0 spiro atoms. The third-order valence-corrected chi connectivity index (χ3v) is 2.88. The predicted octanol–water partition coefficient (Wildman–Crippen LogP) is -0.0399. The summed E-state index contributed by atoms with van der Waals surface area (Å²) >= 11 is 0. The monoisotopic (exact) mass is 253 g/mol. The Balaban J connectivity index is 2.24.